The van der Waals surface area contributed by atoms with E-state index in [-0.39, 0.29) is 12.4 Å². The Morgan fingerprint density at radius 3 is 2.75 bits per heavy atom. The predicted molar refractivity (Wildman–Crippen MR) is 66.2 cm³/mol. The summed E-state index contributed by atoms with van der Waals surface area (Å²) in [5.41, 5.74) is 8.12. The van der Waals surface area contributed by atoms with Crippen LogP contribution in [0.25, 0.3) is 5.69 Å². The van der Waals surface area contributed by atoms with Gasteiger partial charge in [0.15, 0.2) is 0 Å². The molecule has 16 heavy (non-hydrogen) atoms. The molecule has 0 radical (unpaired) electrons. The van der Waals surface area contributed by atoms with Gasteiger partial charge in [-0.15, -0.1) is 17.5 Å². The van der Waals surface area contributed by atoms with E-state index in [2.05, 4.69) is 10.3 Å². The van der Waals surface area contributed by atoms with E-state index in [0.29, 0.717) is 11.6 Å². The van der Waals surface area contributed by atoms with Crippen molar-refractivity contribution in [2.75, 3.05) is 0 Å². The third kappa shape index (κ3) is 2.35. The van der Waals surface area contributed by atoms with Crippen molar-refractivity contribution >= 4 is 24.0 Å². The van der Waals surface area contributed by atoms with Crippen molar-refractivity contribution in [3.05, 3.63) is 40.7 Å². The van der Waals surface area contributed by atoms with Gasteiger partial charge in [0.25, 0.3) is 0 Å². The number of nitrogens with two attached hydrogens (primary N) is 1. The number of halogens is 2. The molecule has 0 atom stereocenters. The van der Waals surface area contributed by atoms with Gasteiger partial charge in [-0.3, -0.25) is 0 Å². The molecule has 0 saturated heterocycles. The average molecular weight is 259 g/mol. The lowest BCUT2D eigenvalue weighted by molar-refractivity contribution is 0.792. The first-order chi connectivity index (χ1) is 7.22. The van der Waals surface area contributed by atoms with E-state index in [4.69, 9.17) is 17.3 Å². The number of rotatable bonds is 2. The molecule has 0 bridgehead atoms. The van der Waals surface area contributed by atoms with Gasteiger partial charge in [-0.25, -0.2) is 4.68 Å². The Bertz CT molecular complexity index is 461. The van der Waals surface area contributed by atoms with Crippen LogP contribution in [0.4, 0.5) is 0 Å². The minimum Gasteiger partial charge on any atom is -0.325 e. The molecule has 4 nitrogen and oxygen atoms in total. The number of para-hydroxylation sites is 1. The summed E-state index contributed by atoms with van der Waals surface area (Å²) in [6.07, 6.45) is 1.79. The van der Waals surface area contributed by atoms with E-state index in [0.717, 1.165) is 16.9 Å². The summed E-state index contributed by atoms with van der Waals surface area (Å²) in [6.45, 7) is 2.36. The van der Waals surface area contributed by atoms with Crippen molar-refractivity contribution in [2.45, 2.75) is 13.5 Å². The summed E-state index contributed by atoms with van der Waals surface area (Å²) in [5, 5.41) is 8.56. The maximum atomic E-state index is 6.10. The normalized spacial score (nSPS) is 9.94. The molecule has 1 heterocycles. The zero-order chi connectivity index (χ0) is 10.8. The minimum atomic E-state index is 0. The van der Waals surface area contributed by atoms with Crippen molar-refractivity contribution in [2.24, 2.45) is 5.73 Å². The van der Waals surface area contributed by atoms with Crippen LogP contribution < -0.4 is 5.73 Å². The van der Waals surface area contributed by atoms with Gasteiger partial charge in [-0.2, -0.15) is 0 Å². The van der Waals surface area contributed by atoms with Gasteiger partial charge < -0.3 is 5.73 Å². The number of benzene rings is 1. The lowest BCUT2D eigenvalue weighted by atomic mass is 10.2. The van der Waals surface area contributed by atoms with Gasteiger partial charge in [0.1, 0.15) is 0 Å². The van der Waals surface area contributed by atoms with Gasteiger partial charge >= 0.3 is 0 Å². The van der Waals surface area contributed by atoms with E-state index >= 15 is 0 Å². The van der Waals surface area contributed by atoms with Crippen LogP contribution in [-0.4, -0.2) is 15.0 Å². The molecular weight excluding hydrogens is 247 g/mol. The van der Waals surface area contributed by atoms with E-state index in [1.807, 2.05) is 25.1 Å². The highest BCUT2D eigenvalue weighted by Crippen LogP contribution is 2.22. The summed E-state index contributed by atoms with van der Waals surface area (Å²) in [7, 11) is 0. The number of aryl methyl sites for hydroxylation is 1. The van der Waals surface area contributed by atoms with Crippen molar-refractivity contribution in [3.63, 3.8) is 0 Å². The van der Waals surface area contributed by atoms with Crippen LogP contribution in [0.3, 0.4) is 0 Å². The van der Waals surface area contributed by atoms with Crippen LogP contribution in [-0.2, 0) is 6.54 Å². The predicted octanol–water partition coefficient (Wildman–Crippen LogP) is 2.11. The Kier molecular flexibility index (Phi) is 4.29. The fraction of sp³-hybridized carbons (Fsp3) is 0.200. The fourth-order valence-corrected chi connectivity index (χ4v) is 1.72. The Hall–Kier alpha value is -1.10. The summed E-state index contributed by atoms with van der Waals surface area (Å²) >= 11 is 6.10. The molecule has 0 amide bonds. The Morgan fingerprint density at radius 2 is 2.19 bits per heavy atom. The van der Waals surface area contributed by atoms with Gasteiger partial charge in [0.2, 0.25) is 0 Å². The van der Waals surface area contributed by atoms with E-state index in [9.17, 15) is 0 Å². The van der Waals surface area contributed by atoms with Gasteiger partial charge in [-0.05, 0) is 18.6 Å². The molecule has 86 valence electrons. The molecule has 1 aromatic heterocycles. The molecule has 0 aliphatic heterocycles. The lowest BCUT2D eigenvalue weighted by Crippen LogP contribution is -1.99. The highest BCUT2D eigenvalue weighted by Gasteiger charge is 2.08. The molecule has 2 rings (SSSR count). The summed E-state index contributed by atoms with van der Waals surface area (Å²) in [6, 6.07) is 5.71. The van der Waals surface area contributed by atoms with Crippen LogP contribution >= 0.6 is 24.0 Å². The molecule has 2 N–H and O–H groups in total. The largest absolute Gasteiger partial charge is 0.325 e. The summed E-state index contributed by atoms with van der Waals surface area (Å²) < 4.78 is 1.65. The zero-order valence-corrected chi connectivity index (χ0v) is 10.3. The molecule has 2 aromatic rings. The number of hydrogen-bond donors (Lipinski definition) is 1. The SMILES string of the molecule is Cc1cccc(Cl)c1-n1cc(CN)nn1.Cl. The Balaban J connectivity index is 0.00000128. The summed E-state index contributed by atoms with van der Waals surface area (Å²) in [4.78, 5) is 0. The lowest BCUT2D eigenvalue weighted by Gasteiger charge is -2.06. The molecule has 0 spiro atoms. The van der Waals surface area contributed by atoms with Crippen LogP contribution in [0.2, 0.25) is 5.02 Å². The third-order valence-corrected chi connectivity index (χ3v) is 2.47. The van der Waals surface area contributed by atoms with Crippen LogP contribution in [0, 0.1) is 6.92 Å². The van der Waals surface area contributed by atoms with Gasteiger partial charge in [-0.1, -0.05) is 28.9 Å². The van der Waals surface area contributed by atoms with E-state index in [1.54, 1.807) is 10.9 Å². The van der Waals surface area contributed by atoms with Crippen molar-refractivity contribution in [1.29, 1.82) is 0 Å². The van der Waals surface area contributed by atoms with Crippen molar-refractivity contribution in [1.82, 2.24) is 15.0 Å². The quantitative estimate of drug-likeness (QED) is 0.898. The first-order valence-corrected chi connectivity index (χ1v) is 4.97. The molecule has 1 aromatic carbocycles. The second-order valence-electron chi connectivity index (χ2n) is 3.26. The van der Waals surface area contributed by atoms with E-state index < -0.39 is 0 Å². The van der Waals surface area contributed by atoms with Crippen LogP contribution in [0.15, 0.2) is 24.4 Å². The highest BCUT2D eigenvalue weighted by atomic mass is 35.5. The number of aromatic nitrogens is 3. The molecular formula is C10H12Cl2N4. The number of nitrogens with zero attached hydrogens (tertiary/aromatic N) is 3. The first kappa shape index (κ1) is 13.0. The Labute approximate surface area is 105 Å². The molecule has 0 fully saturated rings. The second-order valence-corrected chi connectivity index (χ2v) is 3.67. The smallest absolute Gasteiger partial charge is 0.0967 e. The maximum Gasteiger partial charge on any atom is 0.0967 e. The van der Waals surface area contributed by atoms with Crippen molar-refractivity contribution < 1.29 is 0 Å². The van der Waals surface area contributed by atoms with E-state index in [1.165, 1.54) is 0 Å². The standard InChI is InChI=1S/C10H11ClN4.ClH/c1-7-3-2-4-9(11)10(7)15-6-8(5-12)13-14-15;/h2-4,6H,5,12H2,1H3;1H. The summed E-state index contributed by atoms with van der Waals surface area (Å²) in [5.74, 6) is 0. The fourth-order valence-electron chi connectivity index (χ4n) is 1.41. The topological polar surface area (TPSA) is 56.7 Å². The highest BCUT2D eigenvalue weighted by molar-refractivity contribution is 6.32. The zero-order valence-electron chi connectivity index (χ0n) is 8.72. The molecule has 0 unspecified atom stereocenters. The molecule has 6 heteroatoms. The average Bonchev–Trinajstić information content (AvgIpc) is 2.66. The number of hydrogen-bond acceptors (Lipinski definition) is 3. The van der Waals surface area contributed by atoms with Crippen LogP contribution in [0.5, 0.6) is 0 Å². The Morgan fingerprint density at radius 1 is 1.44 bits per heavy atom. The first-order valence-electron chi connectivity index (χ1n) is 4.59. The van der Waals surface area contributed by atoms with Gasteiger partial charge in [0.05, 0.1) is 22.6 Å². The molecule has 0 saturated carbocycles. The van der Waals surface area contributed by atoms with Crippen LogP contribution in [0.1, 0.15) is 11.3 Å². The third-order valence-electron chi connectivity index (χ3n) is 2.17. The monoisotopic (exact) mass is 258 g/mol. The maximum absolute atomic E-state index is 6.10. The van der Waals surface area contributed by atoms with Gasteiger partial charge in [0, 0.05) is 6.54 Å². The second kappa shape index (κ2) is 5.30. The molecule has 0 aliphatic carbocycles. The molecule has 0 aliphatic rings. The minimum absolute atomic E-state index is 0. The van der Waals surface area contributed by atoms with Crippen molar-refractivity contribution in [3.8, 4) is 5.69 Å².